The van der Waals surface area contributed by atoms with Gasteiger partial charge in [-0.2, -0.15) is 0 Å². The van der Waals surface area contributed by atoms with E-state index in [4.69, 9.17) is 0 Å². The van der Waals surface area contributed by atoms with Gasteiger partial charge in [-0.3, -0.25) is 13.9 Å². The highest BCUT2D eigenvalue weighted by atomic mass is 79.9. The first-order chi connectivity index (χ1) is 18.1. The van der Waals surface area contributed by atoms with E-state index in [1.165, 1.54) is 17.0 Å². The van der Waals surface area contributed by atoms with Crippen LogP contribution in [0.1, 0.15) is 37.8 Å². The molecule has 0 radical (unpaired) electrons. The number of hydrogen-bond acceptors (Lipinski definition) is 4. The van der Waals surface area contributed by atoms with Gasteiger partial charge in [-0.25, -0.2) is 8.42 Å². The van der Waals surface area contributed by atoms with Gasteiger partial charge in [-0.05, 0) is 56.2 Å². The van der Waals surface area contributed by atoms with Crippen LogP contribution in [0.15, 0.2) is 88.2 Å². The largest absolute Gasteiger partial charge is 0.354 e. The number of nitrogens with zero attached hydrogens (tertiary/aromatic N) is 2. The Labute approximate surface area is 234 Å². The Balaban J connectivity index is 1.98. The highest BCUT2D eigenvalue weighted by Crippen LogP contribution is 2.27. The first-order valence-corrected chi connectivity index (χ1v) is 14.8. The molecule has 9 heteroatoms. The van der Waals surface area contributed by atoms with Crippen LogP contribution in [0.3, 0.4) is 0 Å². The second-order valence-corrected chi connectivity index (χ2v) is 11.9. The monoisotopic (exact) mass is 599 g/mol. The van der Waals surface area contributed by atoms with Gasteiger partial charge in [-0.15, -0.1) is 0 Å². The van der Waals surface area contributed by atoms with Gasteiger partial charge in [-0.1, -0.05) is 83.4 Å². The van der Waals surface area contributed by atoms with Crippen LogP contribution in [-0.2, 0) is 26.2 Å². The molecule has 0 saturated heterocycles. The molecular weight excluding hydrogens is 566 g/mol. The molecule has 0 fully saturated rings. The molecule has 202 valence electrons. The molecule has 0 aliphatic carbocycles. The number of carbonyl (C=O) groups is 2. The van der Waals surface area contributed by atoms with E-state index in [9.17, 15) is 18.0 Å². The van der Waals surface area contributed by atoms with Gasteiger partial charge in [0, 0.05) is 17.6 Å². The Morgan fingerprint density at radius 1 is 0.974 bits per heavy atom. The number of benzene rings is 3. The van der Waals surface area contributed by atoms with Gasteiger partial charge in [0.05, 0.1) is 10.6 Å². The Morgan fingerprint density at radius 2 is 1.66 bits per heavy atom. The number of unbranched alkanes of at least 4 members (excludes halogenated alkanes) is 1. The number of nitrogens with one attached hydrogen (secondary N) is 1. The number of anilines is 1. The number of halogens is 1. The first kappa shape index (κ1) is 29.4. The summed E-state index contributed by atoms with van der Waals surface area (Å²) in [4.78, 5) is 28.3. The lowest BCUT2D eigenvalue weighted by atomic mass is 10.1. The summed E-state index contributed by atoms with van der Waals surface area (Å²) < 4.78 is 29.4. The van der Waals surface area contributed by atoms with E-state index < -0.39 is 28.5 Å². The van der Waals surface area contributed by atoms with E-state index in [2.05, 4.69) is 21.2 Å². The summed E-state index contributed by atoms with van der Waals surface area (Å²) in [5.74, 6) is -0.763. The lowest BCUT2D eigenvalue weighted by Crippen LogP contribution is -2.51. The molecule has 0 spiro atoms. The Bertz CT molecular complexity index is 1330. The molecule has 3 aromatic carbocycles. The van der Waals surface area contributed by atoms with Crippen LogP contribution in [-0.4, -0.2) is 44.3 Å². The van der Waals surface area contributed by atoms with Gasteiger partial charge >= 0.3 is 0 Å². The molecule has 0 unspecified atom stereocenters. The van der Waals surface area contributed by atoms with Crippen molar-refractivity contribution >= 4 is 43.5 Å². The van der Waals surface area contributed by atoms with E-state index in [1.807, 2.05) is 44.2 Å². The van der Waals surface area contributed by atoms with Crippen LogP contribution in [0.4, 0.5) is 5.69 Å². The number of carbonyl (C=O) groups excluding carboxylic acids is 2. The van der Waals surface area contributed by atoms with Crippen molar-refractivity contribution in [2.75, 3.05) is 17.4 Å². The smallest absolute Gasteiger partial charge is 0.264 e. The van der Waals surface area contributed by atoms with Crippen molar-refractivity contribution in [2.24, 2.45) is 0 Å². The third-order valence-electron chi connectivity index (χ3n) is 6.18. The molecule has 1 atom stereocenters. The zero-order valence-electron chi connectivity index (χ0n) is 21.9. The van der Waals surface area contributed by atoms with E-state index in [0.29, 0.717) is 16.7 Å². The van der Waals surface area contributed by atoms with Gasteiger partial charge < -0.3 is 10.2 Å². The number of rotatable bonds is 12. The Hall–Kier alpha value is -3.17. The molecule has 3 aromatic rings. The molecule has 0 aliphatic heterocycles. The summed E-state index contributed by atoms with van der Waals surface area (Å²) >= 11 is 3.40. The van der Waals surface area contributed by atoms with Crippen LogP contribution in [0.25, 0.3) is 0 Å². The first-order valence-electron chi connectivity index (χ1n) is 12.6. The third kappa shape index (κ3) is 7.68. The third-order valence-corrected chi connectivity index (χ3v) is 8.46. The van der Waals surface area contributed by atoms with Crippen molar-refractivity contribution in [3.63, 3.8) is 0 Å². The summed E-state index contributed by atoms with van der Waals surface area (Å²) in [5.41, 5.74) is 2.10. The van der Waals surface area contributed by atoms with Crippen molar-refractivity contribution in [3.05, 3.63) is 94.5 Å². The lowest BCUT2D eigenvalue weighted by Gasteiger charge is -2.32. The van der Waals surface area contributed by atoms with E-state index >= 15 is 0 Å². The molecule has 38 heavy (non-hydrogen) atoms. The Morgan fingerprint density at radius 3 is 2.29 bits per heavy atom. The maximum atomic E-state index is 13.9. The maximum Gasteiger partial charge on any atom is 0.264 e. The van der Waals surface area contributed by atoms with Crippen LogP contribution >= 0.6 is 15.9 Å². The van der Waals surface area contributed by atoms with Crippen LogP contribution < -0.4 is 9.62 Å². The molecule has 0 saturated carbocycles. The van der Waals surface area contributed by atoms with Crippen LogP contribution in [0.5, 0.6) is 0 Å². The van der Waals surface area contributed by atoms with Crippen LogP contribution in [0, 0.1) is 6.92 Å². The van der Waals surface area contributed by atoms with Crippen molar-refractivity contribution < 1.29 is 18.0 Å². The second kappa shape index (κ2) is 13.6. The normalized spacial score (nSPS) is 12.0. The highest BCUT2D eigenvalue weighted by Gasteiger charge is 2.32. The molecule has 2 amide bonds. The van der Waals surface area contributed by atoms with Gasteiger partial charge in [0.25, 0.3) is 10.0 Å². The fourth-order valence-electron chi connectivity index (χ4n) is 3.90. The molecule has 1 N–H and O–H groups in total. The lowest BCUT2D eigenvalue weighted by molar-refractivity contribution is -0.139. The van der Waals surface area contributed by atoms with Crippen LogP contribution in [0.2, 0.25) is 0 Å². The minimum absolute atomic E-state index is 0.0795. The summed E-state index contributed by atoms with van der Waals surface area (Å²) in [5, 5.41) is 2.89. The van der Waals surface area contributed by atoms with E-state index in [-0.39, 0.29) is 17.3 Å². The summed E-state index contributed by atoms with van der Waals surface area (Å²) in [6.07, 6.45) is 1.76. The molecule has 0 bridgehead atoms. The zero-order valence-corrected chi connectivity index (χ0v) is 24.3. The number of amides is 2. The Kier molecular flexibility index (Phi) is 10.5. The van der Waals surface area contributed by atoms with E-state index in [0.717, 1.165) is 28.3 Å². The molecule has 0 aliphatic rings. The summed E-state index contributed by atoms with van der Waals surface area (Å²) in [6, 6.07) is 21.8. The predicted octanol–water partition coefficient (Wildman–Crippen LogP) is 5.29. The number of hydrogen-bond donors (Lipinski definition) is 1. The standard InChI is InChI=1S/C29H34BrN3O4S/c1-4-5-18-31-29(35)23(3)32(20-24-10-7-6-8-11-24)28(34)21-33(26-13-9-12-25(30)19-26)38(36,37)27-16-14-22(2)15-17-27/h6-17,19,23H,4-5,18,20-21H2,1-3H3,(H,31,35)/t23-/m0/s1. The zero-order chi connectivity index (χ0) is 27.7. The van der Waals surface area contributed by atoms with E-state index in [1.54, 1.807) is 43.3 Å². The van der Waals surface area contributed by atoms with Gasteiger partial charge in [0.2, 0.25) is 11.8 Å². The molecule has 0 aromatic heterocycles. The quantitative estimate of drug-likeness (QED) is 0.287. The minimum Gasteiger partial charge on any atom is -0.354 e. The SMILES string of the molecule is CCCCNC(=O)[C@H](C)N(Cc1ccccc1)C(=O)CN(c1cccc(Br)c1)S(=O)(=O)c1ccc(C)cc1. The average Bonchev–Trinajstić information content (AvgIpc) is 2.90. The fourth-order valence-corrected chi connectivity index (χ4v) is 5.69. The topological polar surface area (TPSA) is 86.8 Å². The predicted molar refractivity (Wildman–Crippen MR) is 154 cm³/mol. The molecule has 7 nitrogen and oxygen atoms in total. The summed E-state index contributed by atoms with van der Waals surface area (Å²) in [7, 11) is -4.09. The van der Waals surface area contributed by atoms with Crippen molar-refractivity contribution in [3.8, 4) is 0 Å². The molecular formula is C29H34BrN3O4S. The number of sulfonamides is 1. The second-order valence-electron chi connectivity index (χ2n) is 9.13. The maximum absolute atomic E-state index is 13.9. The minimum atomic E-state index is -4.09. The highest BCUT2D eigenvalue weighted by molar-refractivity contribution is 9.10. The number of aryl methyl sites for hydroxylation is 1. The molecule has 0 heterocycles. The van der Waals surface area contributed by atoms with Gasteiger partial charge in [0.1, 0.15) is 12.6 Å². The van der Waals surface area contributed by atoms with Gasteiger partial charge in [0.15, 0.2) is 0 Å². The fraction of sp³-hybridized carbons (Fsp3) is 0.310. The summed E-state index contributed by atoms with van der Waals surface area (Å²) in [6.45, 7) is 5.79. The van der Waals surface area contributed by atoms with Crippen molar-refractivity contribution in [2.45, 2.75) is 51.1 Å². The average molecular weight is 601 g/mol. The van der Waals surface area contributed by atoms with Crippen molar-refractivity contribution in [1.29, 1.82) is 0 Å². The van der Waals surface area contributed by atoms with Crippen molar-refractivity contribution in [1.82, 2.24) is 10.2 Å². The molecule has 3 rings (SSSR count).